The van der Waals surface area contributed by atoms with Crippen molar-refractivity contribution in [3.8, 4) is 0 Å². The fourth-order valence-corrected chi connectivity index (χ4v) is 4.26. The van der Waals surface area contributed by atoms with E-state index in [2.05, 4.69) is 85.4 Å². The molecule has 1 aromatic carbocycles. The average Bonchev–Trinajstić information content (AvgIpc) is 2.63. The maximum absolute atomic E-state index is 2.63. The van der Waals surface area contributed by atoms with Gasteiger partial charge < -0.3 is 4.90 Å². The van der Waals surface area contributed by atoms with Gasteiger partial charge in [0.05, 0.1) is 0 Å². The molecule has 0 spiro atoms. The van der Waals surface area contributed by atoms with E-state index in [4.69, 9.17) is 0 Å². The highest BCUT2D eigenvalue weighted by Crippen LogP contribution is 2.56. The maximum Gasteiger partial charge on any atom is 0.0412 e. The summed E-state index contributed by atoms with van der Waals surface area (Å²) in [6.45, 7) is 22.3. The molecule has 2 rings (SSSR count). The third-order valence-corrected chi connectivity index (χ3v) is 5.47. The van der Waals surface area contributed by atoms with Crippen LogP contribution in [0.4, 0.5) is 5.69 Å². The van der Waals surface area contributed by atoms with Gasteiger partial charge in [0.25, 0.3) is 0 Å². The maximum atomic E-state index is 2.63. The van der Waals surface area contributed by atoms with Crippen molar-refractivity contribution in [2.45, 2.75) is 73.3 Å². The minimum atomic E-state index is 0.157. The summed E-state index contributed by atoms with van der Waals surface area (Å²) in [6.07, 6.45) is 0. The van der Waals surface area contributed by atoms with Gasteiger partial charge in [-0.05, 0) is 56.2 Å². The lowest BCUT2D eigenvalue weighted by molar-refractivity contribution is 0.134. The van der Waals surface area contributed by atoms with Crippen LogP contribution >= 0.6 is 0 Å². The predicted octanol–water partition coefficient (Wildman–Crippen LogP) is 5.55. The lowest BCUT2D eigenvalue weighted by atomic mass is 9.58. The number of aryl methyl sites for hydroxylation is 1. The van der Waals surface area contributed by atoms with E-state index in [1.54, 1.807) is 5.56 Å². The molecule has 0 bridgehead atoms. The monoisotopic (exact) mass is 287 g/mol. The largest absolute Gasteiger partial charge is 0.366 e. The Labute approximate surface area is 131 Å². The zero-order valence-corrected chi connectivity index (χ0v) is 15.5. The Bertz CT molecular complexity index is 528. The van der Waals surface area contributed by atoms with Crippen molar-refractivity contribution in [2.24, 2.45) is 11.3 Å². The first-order chi connectivity index (χ1) is 9.41. The number of benzene rings is 1. The van der Waals surface area contributed by atoms with Gasteiger partial charge in [0.15, 0.2) is 0 Å². The average molecular weight is 287 g/mol. The second-order valence-corrected chi connectivity index (χ2v) is 9.15. The van der Waals surface area contributed by atoms with Gasteiger partial charge in [-0.3, -0.25) is 0 Å². The van der Waals surface area contributed by atoms with Crippen molar-refractivity contribution in [1.82, 2.24) is 0 Å². The fourth-order valence-electron chi connectivity index (χ4n) is 4.26. The lowest BCUT2D eigenvalue weighted by Gasteiger charge is -2.47. The summed E-state index contributed by atoms with van der Waals surface area (Å²) in [7, 11) is 0. The summed E-state index contributed by atoms with van der Waals surface area (Å²) in [6, 6.07) is 7.06. The topological polar surface area (TPSA) is 3.24 Å². The standard InChI is InChI=1S/C20H33N/c1-14(2)20(18(4,5)6)13-21(19(7,8)9)17-12-15(3)10-11-16(17)20/h10-12,14H,13H2,1-9H3. The van der Waals surface area contributed by atoms with Crippen molar-refractivity contribution in [3.05, 3.63) is 29.3 Å². The summed E-state index contributed by atoms with van der Waals surface area (Å²) >= 11 is 0. The number of anilines is 1. The van der Waals surface area contributed by atoms with E-state index < -0.39 is 0 Å². The zero-order chi connectivity index (χ0) is 16.2. The Morgan fingerprint density at radius 2 is 1.62 bits per heavy atom. The van der Waals surface area contributed by atoms with Crippen LogP contribution in [0, 0.1) is 18.3 Å². The summed E-state index contributed by atoms with van der Waals surface area (Å²) in [5.74, 6) is 0.617. The van der Waals surface area contributed by atoms with Gasteiger partial charge in [-0.2, -0.15) is 0 Å². The SMILES string of the molecule is Cc1ccc2c(c1)N(C(C)(C)C)CC2(C(C)C)C(C)(C)C. The van der Waals surface area contributed by atoms with Crippen LogP contribution in [0.1, 0.15) is 66.5 Å². The minimum Gasteiger partial charge on any atom is -0.366 e. The third-order valence-electron chi connectivity index (χ3n) is 5.47. The van der Waals surface area contributed by atoms with Gasteiger partial charge in [-0.1, -0.05) is 46.8 Å². The molecule has 0 amide bonds. The molecule has 1 aromatic rings. The van der Waals surface area contributed by atoms with Gasteiger partial charge in [0, 0.05) is 23.2 Å². The summed E-state index contributed by atoms with van der Waals surface area (Å²) in [4.78, 5) is 2.63. The van der Waals surface area contributed by atoms with Gasteiger partial charge >= 0.3 is 0 Å². The number of hydrogen-bond acceptors (Lipinski definition) is 1. The molecule has 1 unspecified atom stereocenters. The molecule has 1 heteroatoms. The Morgan fingerprint density at radius 3 is 2.05 bits per heavy atom. The third kappa shape index (κ3) is 2.39. The van der Waals surface area contributed by atoms with Crippen molar-refractivity contribution in [2.75, 3.05) is 11.4 Å². The molecule has 0 aromatic heterocycles. The highest BCUT2D eigenvalue weighted by atomic mass is 15.2. The zero-order valence-electron chi connectivity index (χ0n) is 15.5. The molecule has 1 heterocycles. The molecule has 0 N–H and O–H groups in total. The Balaban J connectivity index is 2.74. The first-order valence-electron chi connectivity index (χ1n) is 8.30. The van der Waals surface area contributed by atoms with Crippen LogP contribution in [0.3, 0.4) is 0 Å². The minimum absolute atomic E-state index is 0.157. The van der Waals surface area contributed by atoms with Crippen LogP contribution in [-0.4, -0.2) is 12.1 Å². The normalized spacial score (nSPS) is 22.9. The van der Waals surface area contributed by atoms with E-state index in [1.807, 2.05) is 0 Å². The van der Waals surface area contributed by atoms with E-state index in [9.17, 15) is 0 Å². The highest BCUT2D eigenvalue weighted by molar-refractivity contribution is 5.66. The Hall–Kier alpha value is -0.980. The van der Waals surface area contributed by atoms with E-state index >= 15 is 0 Å². The number of hydrogen-bond donors (Lipinski definition) is 0. The van der Waals surface area contributed by atoms with Crippen LogP contribution in [-0.2, 0) is 5.41 Å². The molecule has 0 fully saturated rings. The van der Waals surface area contributed by atoms with Crippen LogP contribution in [0.2, 0.25) is 0 Å². The molecular formula is C20H33N. The van der Waals surface area contributed by atoms with Crippen LogP contribution in [0.25, 0.3) is 0 Å². The molecule has 118 valence electrons. The van der Waals surface area contributed by atoms with E-state index in [0.29, 0.717) is 5.92 Å². The predicted molar refractivity (Wildman–Crippen MR) is 94.2 cm³/mol. The smallest absolute Gasteiger partial charge is 0.0412 e. The van der Waals surface area contributed by atoms with Gasteiger partial charge in [0.2, 0.25) is 0 Å². The molecule has 0 aliphatic carbocycles. The molecule has 1 atom stereocenters. The van der Waals surface area contributed by atoms with Gasteiger partial charge in [-0.25, -0.2) is 0 Å². The second kappa shape index (κ2) is 4.76. The molecular weight excluding hydrogens is 254 g/mol. The fraction of sp³-hybridized carbons (Fsp3) is 0.700. The van der Waals surface area contributed by atoms with Crippen molar-refractivity contribution < 1.29 is 0 Å². The number of fused-ring (bicyclic) bond motifs is 1. The molecule has 1 nitrogen and oxygen atoms in total. The molecule has 0 saturated carbocycles. The van der Waals surface area contributed by atoms with E-state index in [-0.39, 0.29) is 16.4 Å². The van der Waals surface area contributed by atoms with Gasteiger partial charge in [0.1, 0.15) is 0 Å². The van der Waals surface area contributed by atoms with Gasteiger partial charge in [-0.15, -0.1) is 0 Å². The first-order valence-corrected chi connectivity index (χ1v) is 8.30. The first kappa shape index (κ1) is 16.4. The van der Waals surface area contributed by atoms with E-state index in [1.165, 1.54) is 11.3 Å². The number of nitrogens with zero attached hydrogens (tertiary/aromatic N) is 1. The molecule has 21 heavy (non-hydrogen) atoms. The Kier molecular flexibility index (Phi) is 3.72. The van der Waals surface area contributed by atoms with Crippen molar-refractivity contribution in [3.63, 3.8) is 0 Å². The van der Waals surface area contributed by atoms with Crippen LogP contribution < -0.4 is 4.90 Å². The van der Waals surface area contributed by atoms with Crippen LogP contribution in [0.15, 0.2) is 18.2 Å². The molecule has 1 aliphatic rings. The second-order valence-electron chi connectivity index (χ2n) is 9.15. The molecule has 0 saturated heterocycles. The Morgan fingerprint density at radius 1 is 1.05 bits per heavy atom. The van der Waals surface area contributed by atoms with Crippen LogP contribution in [0.5, 0.6) is 0 Å². The summed E-state index contributed by atoms with van der Waals surface area (Å²) in [5, 5.41) is 0. The molecule has 0 radical (unpaired) electrons. The molecule has 1 aliphatic heterocycles. The summed E-state index contributed by atoms with van der Waals surface area (Å²) in [5.41, 5.74) is 4.96. The van der Waals surface area contributed by atoms with Crippen molar-refractivity contribution >= 4 is 5.69 Å². The van der Waals surface area contributed by atoms with Crippen molar-refractivity contribution in [1.29, 1.82) is 0 Å². The quantitative estimate of drug-likeness (QED) is 0.654. The lowest BCUT2D eigenvalue weighted by Crippen LogP contribution is -2.51. The number of rotatable bonds is 1. The van der Waals surface area contributed by atoms with E-state index in [0.717, 1.165) is 6.54 Å². The highest BCUT2D eigenvalue weighted by Gasteiger charge is 2.53. The summed E-state index contributed by atoms with van der Waals surface area (Å²) < 4.78 is 0.